The molecule has 0 aromatic heterocycles. The lowest BCUT2D eigenvalue weighted by atomic mass is 10.0. The standard InChI is InChI=1S/C14H20N4O/c1-18(2)14(19)17-11-10-16-13(8-9-15)12-6-4-3-5-7-12/h3-7,13,16H,8,10-11H2,1-2H3,(H,17,19). The van der Waals surface area contributed by atoms with Gasteiger partial charge in [-0.15, -0.1) is 0 Å². The number of benzene rings is 1. The molecule has 0 spiro atoms. The van der Waals surface area contributed by atoms with Crippen LogP contribution < -0.4 is 10.6 Å². The van der Waals surface area contributed by atoms with Gasteiger partial charge in [0.05, 0.1) is 12.5 Å². The predicted octanol–water partition coefficient (Wildman–Crippen LogP) is 1.50. The first kappa shape index (κ1) is 15.0. The van der Waals surface area contributed by atoms with Gasteiger partial charge in [0.1, 0.15) is 0 Å². The van der Waals surface area contributed by atoms with Gasteiger partial charge in [0.2, 0.25) is 0 Å². The average Bonchev–Trinajstić information content (AvgIpc) is 2.42. The zero-order valence-electron chi connectivity index (χ0n) is 11.4. The van der Waals surface area contributed by atoms with Gasteiger partial charge >= 0.3 is 6.03 Å². The summed E-state index contributed by atoms with van der Waals surface area (Å²) < 4.78 is 0. The van der Waals surface area contributed by atoms with Crippen molar-refractivity contribution in [2.24, 2.45) is 0 Å². The molecule has 0 saturated carbocycles. The molecule has 1 atom stereocenters. The second-order valence-electron chi connectivity index (χ2n) is 4.41. The smallest absolute Gasteiger partial charge is 0.316 e. The van der Waals surface area contributed by atoms with Gasteiger partial charge in [-0.25, -0.2) is 4.79 Å². The van der Waals surface area contributed by atoms with Crippen molar-refractivity contribution in [3.63, 3.8) is 0 Å². The zero-order valence-corrected chi connectivity index (χ0v) is 11.4. The van der Waals surface area contributed by atoms with Gasteiger partial charge in [-0.3, -0.25) is 0 Å². The van der Waals surface area contributed by atoms with E-state index in [1.54, 1.807) is 14.1 Å². The lowest BCUT2D eigenvalue weighted by Crippen LogP contribution is -2.39. The summed E-state index contributed by atoms with van der Waals surface area (Å²) in [6.45, 7) is 1.16. The maximum Gasteiger partial charge on any atom is 0.316 e. The molecule has 5 heteroatoms. The number of urea groups is 1. The first-order valence-electron chi connectivity index (χ1n) is 6.25. The van der Waals surface area contributed by atoms with Crippen LogP contribution in [-0.2, 0) is 0 Å². The lowest BCUT2D eigenvalue weighted by Gasteiger charge is -2.17. The van der Waals surface area contributed by atoms with Gasteiger partial charge in [-0.2, -0.15) is 5.26 Å². The van der Waals surface area contributed by atoms with E-state index in [4.69, 9.17) is 5.26 Å². The third-order valence-corrected chi connectivity index (χ3v) is 2.70. The molecule has 19 heavy (non-hydrogen) atoms. The summed E-state index contributed by atoms with van der Waals surface area (Å²) in [5.74, 6) is 0. The maximum absolute atomic E-state index is 11.3. The van der Waals surface area contributed by atoms with Gasteiger partial charge in [-0.05, 0) is 5.56 Å². The molecular weight excluding hydrogens is 240 g/mol. The summed E-state index contributed by atoms with van der Waals surface area (Å²) in [5, 5.41) is 14.9. The monoisotopic (exact) mass is 260 g/mol. The van der Waals surface area contributed by atoms with E-state index < -0.39 is 0 Å². The minimum absolute atomic E-state index is 0.00228. The molecule has 1 aromatic carbocycles. The van der Waals surface area contributed by atoms with Crippen LogP contribution in [0, 0.1) is 11.3 Å². The van der Waals surface area contributed by atoms with Crippen LogP contribution >= 0.6 is 0 Å². The van der Waals surface area contributed by atoms with Crippen molar-refractivity contribution >= 4 is 6.03 Å². The molecule has 1 rings (SSSR count). The highest BCUT2D eigenvalue weighted by Crippen LogP contribution is 2.15. The Balaban J connectivity index is 2.40. The van der Waals surface area contributed by atoms with E-state index in [1.165, 1.54) is 4.90 Å². The Morgan fingerprint density at radius 1 is 1.32 bits per heavy atom. The quantitative estimate of drug-likeness (QED) is 0.762. The normalized spacial score (nSPS) is 11.4. The van der Waals surface area contributed by atoms with Gasteiger partial charge in [0.25, 0.3) is 0 Å². The van der Waals surface area contributed by atoms with Gasteiger partial charge in [-0.1, -0.05) is 30.3 Å². The Kier molecular flexibility index (Phi) is 6.41. The van der Waals surface area contributed by atoms with Crippen molar-refractivity contribution < 1.29 is 4.79 Å². The van der Waals surface area contributed by atoms with E-state index in [0.29, 0.717) is 19.5 Å². The molecular formula is C14H20N4O. The zero-order chi connectivity index (χ0) is 14.1. The number of carbonyl (C=O) groups is 1. The van der Waals surface area contributed by atoms with Crippen LogP contribution in [0.25, 0.3) is 0 Å². The molecule has 102 valence electrons. The number of carbonyl (C=O) groups excluding carboxylic acids is 1. The van der Waals surface area contributed by atoms with E-state index in [0.717, 1.165) is 5.56 Å². The summed E-state index contributed by atoms with van der Waals surface area (Å²) in [7, 11) is 3.40. The number of hydrogen-bond acceptors (Lipinski definition) is 3. The van der Waals surface area contributed by atoms with Crippen LogP contribution in [0.2, 0.25) is 0 Å². The molecule has 2 amide bonds. The molecule has 0 aliphatic rings. The van der Waals surface area contributed by atoms with Crippen LogP contribution in [0.1, 0.15) is 18.0 Å². The molecule has 0 aliphatic carbocycles. The highest BCUT2D eigenvalue weighted by molar-refractivity contribution is 5.73. The number of rotatable bonds is 6. The van der Waals surface area contributed by atoms with Gasteiger partial charge in [0, 0.05) is 33.2 Å². The van der Waals surface area contributed by atoms with Gasteiger partial charge in [0.15, 0.2) is 0 Å². The SMILES string of the molecule is CN(C)C(=O)NCCNC(CC#N)c1ccccc1. The van der Waals surface area contributed by atoms with E-state index in [-0.39, 0.29) is 12.1 Å². The Hall–Kier alpha value is -2.06. The van der Waals surface area contributed by atoms with Crippen LogP contribution in [0.3, 0.4) is 0 Å². The molecule has 5 nitrogen and oxygen atoms in total. The fourth-order valence-electron chi connectivity index (χ4n) is 1.66. The minimum Gasteiger partial charge on any atom is -0.337 e. The Labute approximate surface area is 114 Å². The van der Waals surface area contributed by atoms with Crippen molar-refractivity contribution in [2.75, 3.05) is 27.2 Å². The average molecular weight is 260 g/mol. The van der Waals surface area contributed by atoms with Crippen molar-refractivity contribution in [2.45, 2.75) is 12.5 Å². The Bertz CT molecular complexity index is 425. The summed E-state index contributed by atoms with van der Waals surface area (Å²) in [6.07, 6.45) is 0.408. The first-order chi connectivity index (χ1) is 9.15. The third-order valence-electron chi connectivity index (χ3n) is 2.70. The second-order valence-corrected chi connectivity index (χ2v) is 4.41. The number of nitrogens with zero attached hydrogens (tertiary/aromatic N) is 2. The largest absolute Gasteiger partial charge is 0.337 e. The third kappa shape index (κ3) is 5.40. The minimum atomic E-state index is -0.113. The summed E-state index contributed by atoms with van der Waals surface area (Å²) in [6, 6.07) is 11.9. The highest BCUT2D eigenvalue weighted by atomic mass is 16.2. The van der Waals surface area contributed by atoms with Crippen molar-refractivity contribution in [3.05, 3.63) is 35.9 Å². The van der Waals surface area contributed by atoms with E-state index >= 15 is 0 Å². The number of nitrogens with one attached hydrogen (secondary N) is 2. The fourth-order valence-corrected chi connectivity index (χ4v) is 1.66. The van der Waals surface area contributed by atoms with Gasteiger partial charge < -0.3 is 15.5 Å². The molecule has 2 N–H and O–H groups in total. The Morgan fingerprint density at radius 2 is 2.00 bits per heavy atom. The molecule has 0 heterocycles. The second kappa shape index (κ2) is 8.11. The topological polar surface area (TPSA) is 68.2 Å². The van der Waals surface area contributed by atoms with Crippen LogP contribution in [0.4, 0.5) is 4.79 Å². The fraction of sp³-hybridized carbons (Fsp3) is 0.429. The highest BCUT2D eigenvalue weighted by Gasteiger charge is 2.09. The molecule has 0 aliphatic heterocycles. The predicted molar refractivity (Wildman–Crippen MR) is 74.5 cm³/mol. The van der Waals surface area contributed by atoms with Crippen molar-refractivity contribution in [1.29, 1.82) is 5.26 Å². The van der Waals surface area contributed by atoms with E-state index in [2.05, 4.69) is 16.7 Å². The van der Waals surface area contributed by atoms with E-state index in [9.17, 15) is 4.79 Å². The molecule has 1 aromatic rings. The van der Waals surface area contributed by atoms with E-state index in [1.807, 2.05) is 30.3 Å². The molecule has 0 bridgehead atoms. The number of hydrogen-bond donors (Lipinski definition) is 2. The molecule has 0 fully saturated rings. The van der Waals surface area contributed by atoms with Crippen LogP contribution in [0.5, 0.6) is 0 Å². The van der Waals surface area contributed by atoms with Crippen molar-refractivity contribution in [1.82, 2.24) is 15.5 Å². The maximum atomic E-state index is 11.3. The molecule has 0 radical (unpaired) electrons. The van der Waals surface area contributed by atoms with Crippen LogP contribution in [0.15, 0.2) is 30.3 Å². The molecule has 1 unspecified atom stereocenters. The molecule has 0 saturated heterocycles. The number of amides is 2. The first-order valence-corrected chi connectivity index (χ1v) is 6.25. The summed E-state index contributed by atoms with van der Waals surface area (Å²) in [4.78, 5) is 12.8. The summed E-state index contributed by atoms with van der Waals surface area (Å²) >= 11 is 0. The Morgan fingerprint density at radius 3 is 2.58 bits per heavy atom. The van der Waals surface area contributed by atoms with Crippen LogP contribution in [-0.4, -0.2) is 38.1 Å². The number of nitriles is 1. The summed E-state index contributed by atoms with van der Waals surface area (Å²) in [5.41, 5.74) is 1.09. The van der Waals surface area contributed by atoms with Crippen molar-refractivity contribution in [3.8, 4) is 6.07 Å². The lowest BCUT2D eigenvalue weighted by molar-refractivity contribution is 0.217.